The molecule has 0 atom stereocenters. The predicted octanol–water partition coefficient (Wildman–Crippen LogP) is 3.81. The largest absolute Gasteiger partial charge is 0.479 e. The normalized spacial score (nSPS) is 15.3. The van der Waals surface area contributed by atoms with Crippen LogP contribution in [0.4, 0.5) is 5.69 Å². The van der Waals surface area contributed by atoms with Crippen LogP contribution in [0, 0.1) is 5.92 Å². The van der Waals surface area contributed by atoms with Gasteiger partial charge in [-0.25, -0.2) is 22.3 Å². The van der Waals surface area contributed by atoms with Crippen molar-refractivity contribution in [2.45, 2.75) is 19.8 Å². The summed E-state index contributed by atoms with van der Waals surface area (Å²) in [5.41, 5.74) is 1.61. The molecule has 180 valence electrons. The Balaban J connectivity index is 1.70. The highest BCUT2D eigenvalue weighted by Crippen LogP contribution is 2.46. The summed E-state index contributed by atoms with van der Waals surface area (Å²) >= 11 is 4.37. The Bertz CT molecular complexity index is 1130. The van der Waals surface area contributed by atoms with E-state index in [9.17, 15) is 23.1 Å². The summed E-state index contributed by atoms with van der Waals surface area (Å²) in [5.74, 6) is -1.93. The molecule has 0 amide bonds. The molecule has 2 aromatic rings. The summed E-state index contributed by atoms with van der Waals surface area (Å²) in [7, 11) is -3.14. The van der Waals surface area contributed by atoms with Crippen molar-refractivity contribution in [3.8, 4) is 16.2 Å². The summed E-state index contributed by atoms with van der Waals surface area (Å²) < 4.78 is 31.2. The fraction of sp³-hybridized carbons (Fsp3) is 0.429. The van der Waals surface area contributed by atoms with E-state index in [0.29, 0.717) is 34.9 Å². The average molecular weight is 561 g/mol. The monoisotopic (exact) mass is 560 g/mol. The highest BCUT2D eigenvalue weighted by Gasteiger charge is 2.27. The van der Waals surface area contributed by atoms with Crippen LogP contribution in [-0.4, -0.2) is 66.9 Å². The first-order valence-electron chi connectivity index (χ1n) is 10.3. The third-order valence-electron chi connectivity index (χ3n) is 5.39. The van der Waals surface area contributed by atoms with Crippen LogP contribution in [0.3, 0.4) is 0 Å². The number of halogens is 1. The summed E-state index contributed by atoms with van der Waals surface area (Å²) in [5, 5.41) is 21.7. The molecule has 0 saturated carbocycles. The van der Waals surface area contributed by atoms with Gasteiger partial charge in [-0.2, -0.15) is 0 Å². The third-order valence-corrected chi connectivity index (χ3v) is 9.50. The van der Waals surface area contributed by atoms with Crippen molar-refractivity contribution in [3.05, 3.63) is 33.6 Å². The maximum Gasteiger partial charge on any atom is 0.349 e. The smallest absolute Gasteiger partial charge is 0.349 e. The number of hydrogen-bond acceptors (Lipinski definition) is 7. The molecule has 1 saturated heterocycles. The zero-order valence-electron chi connectivity index (χ0n) is 17.9. The zero-order valence-corrected chi connectivity index (χ0v) is 21.1. The maximum absolute atomic E-state index is 12.0. The number of benzene rings is 1. The van der Waals surface area contributed by atoms with Gasteiger partial charge in [0.2, 0.25) is 10.0 Å². The Kier molecular flexibility index (Phi) is 8.38. The van der Waals surface area contributed by atoms with Gasteiger partial charge in [0.25, 0.3) is 0 Å². The van der Waals surface area contributed by atoms with Gasteiger partial charge < -0.3 is 20.3 Å². The zero-order chi connectivity index (χ0) is 24.2. The van der Waals surface area contributed by atoms with Gasteiger partial charge in [-0.1, -0.05) is 12.1 Å². The van der Waals surface area contributed by atoms with Crippen molar-refractivity contribution in [2.75, 3.05) is 37.3 Å². The van der Waals surface area contributed by atoms with Gasteiger partial charge >= 0.3 is 11.9 Å². The SMILES string of the molecule is CCS(=O)(=O)N1CCC(CNc2cccc(-c3sc(C(=O)O)c(OCC(=O)O)c3Br)c2)CC1. The number of thiophene rings is 1. The lowest BCUT2D eigenvalue weighted by molar-refractivity contribution is -0.139. The van der Waals surface area contributed by atoms with E-state index in [1.807, 2.05) is 24.3 Å². The molecule has 1 aliphatic heterocycles. The second-order valence-electron chi connectivity index (χ2n) is 7.60. The van der Waals surface area contributed by atoms with Gasteiger partial charge in [0.1, 0.15) is 0 Å². The van der Waals surface area contributed by atoms with Crippen molar-refractivity contribution in [3.63, 3.8) is 0 Å². The second-order valence-corrected chi connectivity index (χ2v) is 11.7. The summed E-state index contributed by atoms with van der Waals surface area (Å²) in [6, 6.07) is 7.47. The van der Waals surface area contributed by atoms with Crippen molar-refractivity contribution in [2.24, 2.45) is 5.92 Å². The average Bonchev–Trinajstić information content (AvgIpc) is 3.13. The minimum absolute atomic E-state index is 0.00273. The van der Waals surface area contributed by atoms with Crippen LogP contribution in [0.1, 0.15) is 29.4 Å². The van der Waals surface area contributed by atoms with Gasteiger partial charge in [0.05, 0.1) is 15.1 Å². The lowest BCUT2D eigenvalue weighted by Crippen LogP contribution is -2.40. The molecule has 1 fully saturated rings. The quantitative estimate of drug-likeness (QED) is 0.399. The standard InChI is InChI=1S/C21H25BrN2O7S2/c1-2-33(29,30)24-8-6-13(7-9-24)11-23-15-5-3-4-14(10-15)19-17(22)18(31-12-16(25)26)20(32-19)21(27)28/h3-5,10,13,23H,2,6-9,11-12H2,1H3,(H,25,26)(H,27,28). The number of piperidine rings is 1. The van der Waals surface area contributed by atoms with Crippen LogP contribution in [-0.2, 0) is 14.8 Å². The molecule has 1 aliphatic rings. The lowest BCUT2D eigenvalue weighted by Gasteiger charge is -2.31. The molecule has 0 bridgehead atoms. The molecular weight excluding hydrogens is 536 g/mol. The molecule has 0 aliphatic carbocycles. The number of rotatable bonds is 10. The Morgan fingerprint density at radius 3 is 2.58 bits per heavy atom. The number of ether oxygens (including phenoxy) is 1. The van der Waals surface area contributed by atoms with E-state index in [2.05, 4.69) is 21.2 Å². The topological polar surface area (TPSA) is 133 Å². The molecule has 1 aromatic heterocycles. The number of aromatic carboxylic acids is 1. The van der Waals surface area contributed by atoms with Gasteiger partial charge in [-0.3, -0.25) is 0 Å². The van der Waals surface area contributed by atoms with Crippen LogP contribution >= 0.6 is 27.3 Å². The number of hydrogen-bond donors (Lipinski definition) is 3. The molecule has 3 rings (SSSR count). The van der Waals surface area contributed by atoms with E-state index >= 15 is 0 Å². The Morgan fingerprint density at radius 2 is 1.97 bits per heavy atom. The summed E-state index contributed by atoms with van der Waals surface area (Å²) in [6.45, 7) is 2.77. The first kappa shape index (κ1) is 25.5. The van der Waals surface area contributed by atoms with Crippen LogP contribution in [0.25, 0.3) is 10.4 Å². The minimum atomic E-state index is -3.14. The molecule has 9 nitrogen and oxygen atoms in total. The number of nitrogens with zero attached hydrogens (tertiary/aromatic N) is 1. The van der Waals surface area contributed by atoms with Gasteiger partial charge in [-0.05, 0) is 59.3 Å². The molecule has 0 unspecified atom stereocenters. The number of anilines is 1. The Hall–Kier alpha value is -2.15. The van der Waals surface area contributed by atoms with Gasteiger partial charge in [0, 0.05) is 25.3 Å². The molecule has 3 N–H and O–H groups in total. The maximum atomic E-state index is 12.0. The summed E-state index contributed by atoms with van der Waals surface area (Å²) in [4.78, 5) is 23.0. The first-order chi connectivity index (χ1) is 15.6. The van der Waals surface area contributed by atoms with Crippen molar-refractivity contribution in [1.29, 1.82) is 0 Å². The van der Waals surface area contributed by atoms with Crippen molar-refractivity contribution < 1.29 is 33.0 Å². The van der Waals surface area contributed by atoms with E-state index in [1.165, 1.54) is 0 Å². The van der Waals surface area contributed by atoms with E-state index < -0.39 is 28.6 Å². The van der Waals surface area contributed by atoms with E-state index in [-0.39, 0.29) is 16.4 Å². The second kappa shape index (κ2) is 10.9. The molecule has 0 radical (unpaired) electrons. The molecular formula is C21H25BrN2O7S2. The van der Waals surface area contributed by atoms with E-state index in [0.717, 1.165) is 35.4 Å². The Labute approximate surface area is 204 Å². The molecule has 0 spiro atoms. The van der Waals surface area contributed by atoms with E-state index in [4.69, 9.17) is 9.84 Å². The molecule has 33 heavy (non-hydrogen) atoms. The predicted molar refractivity (Wildman–Crippen MR) is 130 cm³/mol. The fourth-order valence-corrected chi connectivity index (χ4v) is 6.61. The van der Waals surface area contributed by atoms with Crippen LogP contribution in [0.15, 0.2) is 28.7 Å². The number of carboxylic acid groups (broad SMARTS) is 2. The van der Waals surface area contributed by atoms with Gasteiger partial charge in [-0.15, -0.1) is 11.3 Å². The molecule has 12 heteroatoms. The van der Waals surface area contributed by atoms with Crippen LogP contribution in [0.2, 0.25) is 0 Å². The number of sulfonamides is 1. The number of nitrogens with one attached hydrogen (secondary N) is 1. The van der Waals surface area contributed by atoms with Crippen molar-refractivity contribution >= 4 is 54.9 Å². The third kappa shape index (κ3) is 6.25. The minimum Gasteiger partial charge on any atom is -0.479 e. The number of carbonyl (C=O) groups is 2. The Morgan fingerprint density at radius 1 is 1.27 bits per heavy atom. The number of aliphatic carboxylic acids is 1. The van der Waals surface area contributed by atoms with Crippen LogP contribution in [0.5, 0.6) is 5.75 Å². The highest BCUT2D eigenvalue weighted by atomic mass is 79.9. The molecule has 1 aromatic carbocycles. The van der Waals surface area contributed by atoms with Crippen molar-refractivity contribution in [1.82, 2.24) is 4.31 Å². The first-order valence-corrected chi connectivity index (χ1v) is 13.6. The summed E-state index contributed by atoms with van der Waals surface area (Å²) in [6.07, 6.45) is 1.57. The van der Waals surface area contributed by atoms with Gasteiger partial charge in [0.15, 0.2) is 17.2 Å². The molecule has 2 heterocycles. The fourth-order valence-electron chi connectivity index (χ4n) is 3.59. The highest BCUT2D eigenvalue weighted by molar-refractivity contribution is 9.10. The number of carboxylic acids is 2. The van der Waals surface area contributed by atoms with E-state index in [1.54, 1.807) is 11.2 Å². The van der Waals surface area contributed by atoms with Crippen LogP contribution < -0.4 is 10.1 Å². The lowest BCUT2D eigenvalue weighted by atomic mass is 9.98.